The highest BCUT2D eigenvalue weighted by Gasteiger charge is 2.12. The second-order valence-corrected chi connectivity index (χ2v) is 4.53. The zero-order valence-corrected chi connectivity index (χ0v) is 10.4. The first kappa shape index (κ1) is 11.7. The predicted molar refractivity (Wildman–Crippen MR) is 72.9 cm³/mol. The second-order valence-electron chi connectivity index (χ2n) is 4.53. The lowest BCUT2D eigenvalue weighted by Gasteiger charge is -2.02. The van der Waals surface area contributed by atoms with Gasteiger partial charge in [-0.3, -0.25) is 4.79 Å². The Balaban J connectivity index is 2.29. The standard InChI is InChI=1S/C16H12FNO/c1-11-8-12(5-6-15(11)17)13-9-18-7-3-2-4-16(18)14(13)10-19/h2-10H,1H3. The predicted octanol–water partition coefficient (Wildman–Crippen LogP) is 3.87. The van der Waals surface area contributed by atoms with Crippen molar-refractivity contribution in [3.8, 4) is 11.1 Å². The summed E-state index contributed by atoms with van der Waals surface area (Å²) in [7, 11) is 0. The minimum Gasteiger partial charge on any atom is -0.322 e. The van der Waals surface area contributed by atoms with Crippen molar-refractivity contribution in [3.05, 3.63) is 65.7 Å². The molecule has 0 atom stereocenters. The Kier molecular flexibility index (Phi) is 2.67. The minimum atomic E-state index is -0.236. The third-order valence-corrected chi connectivity index (χ3v) is 3.31. The Morgan fingerprint density at radius 2 is 2.05 bits per heavy atom. The van der Waals surface area contributed by atoms with Gasteiger partial charge in [0.25, 0.3) is 0 Å². The van der Waals surface area contributed by atoms with E-state index in [1.807, 2.05) is 35.0 Å². The smallest absolute Gasteiger partial charge is 0.152 e. The summed E-state index contributed by atoms with van der Waals surface area (Å²) in [6.45, 7) is 1.72. The minimum absolute atomic E-state index is 0.236. The van der Waals surface area contributed by atoms with Crippen LogP contribution in [0.3, 0.4) is 0 Å². The van der Waals surface area contributed by atoms with E-state index in [0.717, 1.165) is 22.9 Å². The monoisotopic (exact) mass is 253 g/mol. The molecule has 0 spiro atoms. The number of carbonyl (C=O) groups excluding carboxylic acids is 1. The molecule has 0 saturated carbocycles. The van der Waals surface area contributed by atoms with E-state index in [9.17, 15) is 9.18 Å². The molecule has 2 nitrogen and oxygen atoms in total. The van der Waals surface area contributed by atoms with Gasteiger partial charge in [0.2, 0.25) is 0 Å². The highest BCUT2D eigenvalue weighted by Crippen LogP contribution is 2.28. The van der Waals surface area contributed by atoms with Gasteiger partial charge in [0, 0.05) is 23.5 Å². The largest absolute Gasteiger partial charge is 0.322 e. The summed E-state index contributed by atoms with van der Waals surface area (Å²) in [6, 6.07) is 10.6. The SMILES string of the molecule is Cc1cc(-c2cn3ccccc3c2C=O)ccc1F. The van der Waals surface area contributed by atoms with Gasteiger partial charge in [-0.15, -0.1) is 0 Å². The van der Waals surface area contributed by atoms with Crippen LogP contribution in [0.25, 0.3) is 16.6 Å². The second kappa shape index (κ2) is 4.35. The Hall–Kier alpha value is -2.42. The molecule has 2 heterocycles. The highest BCUT2D eigenvalue weighted by molar-refractivity contribution is 5.96. The fourth-order valence-electron chi connectivity index (χ4n) is 2.31. The molecule has 0 aliphatic rings. The molecular formula is C16H12FNO. The molecule has 94 valence electrons. The van der Waals surface area contributed by atoms with E-state index in [2.05, 4.69) is 0 Å². The first-order chi connectivity index (χ1) is 9.20. The first-order valence-electron chi connectivity index (χ1n) is 6.02. The van der Waals surface area contributed by atoms with Crippen molar-refractivity contribution in [2.75, 3.05) is 0 Å². The number of nitrogens with zero attached hydrogens (tertiary/aromatic N) is 1. The van der Waals surface area contributed by atoms with Crippen LogP contribution >= 0.6 is 0 Å². The topological polar surface area (TPSA) is 21.5 Å². The Morgan fingerprint density at radius 3 is 2.79 bits per heavy atom. The maximum Gasteiger partial charge on any atom is 0.152 e. The average Bonchev–Trinajstić information content (AvgIpc) is 2.80. The molecule has 0 fully saturated rings. The highest BCUT2D eigenvalue weighted by atomic mass is 19.1. The fraction of sp³-hybridized carbons (Fsp3) is 0.0625. The summed E-state index contributed by atoms with van der Waals surface area (Å²) in [5.74, 6) is -0.236. The number of halogens is 1. The van der Waals surface area contributed by atoms with Gasteiger partial charge in [-0.25, -0.2) is 4.39 Å². The lowest BCUT2D eigenvalue weighted by atomic mass is 10.0. The lowest BCUT2D eigenvalue weighted by molar-refractivity contribution is 0.112. The quantitative estimate of drug-likeness (QED) is 0.635. The fourth-order valence-corrected chi connectivity index (χ4v) is 2.31. The van der Waals surface area contributed by atoms with Crippen molar-refractivity contribution in [2.24, 2.45) is 0 Å². The maximum atomic E-state index is 13.3. The van der Waals surface area contributed by atoms with E-state index in [1.165, 1.54) is 6.07 Å². The van der Waals surface area contributed by atoms with Crippen LogP contribution in [-0.4, -0.2) is 10.7 Å². The van der Waals surface area contributed by atoms with Gasteiger partial charge in [0.15, 0.2) is 6.29 Å². The lowest BCUT2D eigenvalue weighted by Crippen LogP contribution is -1.86. The van der Waals surface area contributed by atoms with Crippen molar-refractivity contribution in [1.29, 1.82) is 0 Å². The molecule has 0 aliphatic heterocycles. The number of benzene rings is 1. The summed E-state index contributed by atoms with van der Waals surface area (Å²) < 4.78 is 15.2. The number of fused-ring (bicyclic) bond motifs is 1. The molecule has 3 rings (SSSR count). The van der Waals surface area contributed by atoms with Gasteiger partial charge >= 0.3 is 0 Å². The summed E-state index contributed by atoms with van der Waals surface area (Å²) in [6.07, 6.45) is 4.64. The van der Waals surface area contributed by atoms with Gasteiger partial charge in [0.1, 0.15) is 5.82 Å². The number of rotatable bonds is 2. The number of carbonyl (C=O) groups is 1. The van der Waals surface area contributed by atoms with Crippen molar-refractivity contribution >= 4 is 11.8 Å². The van der Waals surface area contributed by atoms with Gasteiger partial charge in [-0.2, -0.15) is 0 Å². The third-order valence-electron chi connectivity index (χ3n) is 3.31. The summed E-state index contributed by atoms with van der Waals surface area (Å²) >= 11 is 0. The van der Waals surface area contributed by atoms with E-state index >= 15 is 0 Å². The van der Waals surface area contributed by atoms with Crippen LogP contribution in [0, 0.1) is 12.7 Å². The van der Waals surface area contributed by atoms with Crippen LogP contribution in [0.15, 0.2) is 48.8 Å². The molecule has 0 aliphatic carbocycles. The van der Waals surface area contributed by atoms with Gasteiger partial charge in [0.05, 0.1) is 5.52 Å². The Morgan fingerprint density at radius 1 is 1.21 bits per heavy atom. The van der Waals surface area contributed by atoms with Crippen molar-refractivity contribution in [2.45, 2.75) is 6.92 Å². The molecule has 0 unspecified atom stereocenters. The van der Waals surface area contributed by atoms with Gasteiger partial charge in [-0.1, -0.05) is 12.1 Å². The molecule has 0 saturated heterocycles. The number of aryl methyl sites for hydroxylation is 1. The molecule has 3 aromatic rings. The molecule has 0 N–H and O–H groups in total. The molecular weight excluding hydrogens is 241 g/mol. The van der Waals surface area contributed by atoms with Crippen LogP contribution in [0.4, 0.5) is 4.39 Å². The van der Waals surface area contributed by atoms with Crippen LogP contribution < -0.4 is 0 Å². The zero-order chi connectivity index (χ0) is 13.4. The molecule has 2 aromatic heterocycles. The van der Waals surface area contributed by atoms with E-state index in [1.54, 1.807) is 19.1 Å². The van der Waals surface area contributed by atoms with E-state index in [0.29, 0.717) is 11.1 Å². The van der Waals surface area contributed by atoms with Crippen LogP contribution in [0.2, 0.25) is 0 Å². The summed E-state index contributed by atoms with van der Waals surface area (Å²) in [5.41, 5.74) is 3.74. The van der Waals surface area contributed by atoms with E-state index in [4.69, 9.17) is 0 Å². The van der Waals surface area contributed by atoms with Crippen LogP contribution in [0.1, 0.15) is 15.9 Å². The molecule has 19 heavy (non-hydrogen) atoms. The summed E-state index contributed by atoms with van der Waals surface area (Å²) in [5, 5.41) is 0. The van der Waals surface area contributed by atoms with Crippen molar-refractivity contribution < 1.29 is 9.18 Å². The molecule has 3 heteroatoms. The van der Waals surface area contributed by atoms with E-state index < -0.39 is 0 Å². The maximum absolute atomic E-state index is 13.3. The van der Waals surface area contributed by atoms with E-state index in [-0.39, 0.29) is 5.82 Å². The molecule has 1 aromatic carbocycles. The Bertz CT molecular complexity index is 774. The number of hydrogen-bond donors (Lipinski definition) is 0. The number of aromatic nitrogens is 1. The number of aldehydes is 1. The van der Waals surface area contributed by atoms with Gasteiger partial charge in [-0.05, 0) is 42.3 Å². The van der Waals surface area contributed by atoms with Crippen molar-refractivity contribution in [3.63, 3.8) is 0 Å². The summed E-state index contributed by atoms with van der Waals surface area (Å²) in [4.78, 5) is 11.3. The Labute approximate surface area is 110 Å². The van der Waals surface area contributed by atoms with Crippen LogP contribution in [-0.2, 0) is 0 Å². The number of pyridine rings is 1. The molecule has 0 radical (unpaired) electrons. The van der Waals surface area contributed by atoms with Crippen molar-refractivity contribution in [1.82, 2.24) is 4.40 Å². The normalized spacial score (nSPS) is 10.8. The van der Waals surface area contributed by atoms with Crippen LogP contribution in [0.5, 0.6) is 0 Å². The zero-order valence-electron chi connectivity index (χ0n) is 10.4. The van der Waals surface area contributed by atoms with Gasteiger partial charge < -0.3 is 4.40 Å². The number of hydrogen-bond acceptors (Lipinski definition) is 1. The third kappa shape index (κ3) is 1.83. The first-order valence-corrected chi connectivity index (χ1v) is 6.02. The molecule has 0 amide bonds. The molecule has 0 bridgehead atoms. The average molecular weight is 253 g/mol.